The molecule has 8 heteroatoms. The van der Waals surface area contributed by atoms with Crippen LogP contribution in [0.5, 0.6) is 5.75 Å². The van der Waals surface area contributed by atoms with Gasteiger partial charge < -0.3 is 19.5 Å². The first-order valence-electron chi connectivity index (χ1n) is 7.59. The summed E-state index contributed by atoms with van der Waals surface area (Å²) >= 11 is 0. The number of ether oxygens (including phenoxy) is 1. The van der Waals surface area contributed by atoms with Gasteiger partial charge in [0.25, 0.3) is 0 Å². The van der Waals surface area contributed by atoms with Gasteiger partial charge in [0.1, 0.15) is 19.0 Å². The number of alkyl halides is 3. The lowest BCUT2D eigenvalue weighted by Crippen LogP contribution is -2.24. The van der Waals surface area contributed by atoms with Crippen molar-refractivity contribution in [3.8, 4) is 5.75 Å². The fraction of sp³-hybridized carbons (Fsp3) is 0.222. The number of oxime groups is 1. The second kappa shape index (κ2) is 6.70. The van der Waals surface area contributed by atoms with Gasteiger partial charge in [-0.1, -0.05) is 23.4 Å². The molecule has 0 aliphatic carbocycles. The highest BCUT2D eigenvalue weighted by atomic mass is 19.4. The van der Waals surface area contributed by atoms with E-state index >= 15 is 0 Å². The van der Waals surface area contributed by atoms with E-state index in [2.05, 4.69) is 5.16 Å². The average Bonchev–Trinajstić information content (AvgIpc) is 2.60. The summed E-state index contributed by atoms with van der Waals surface area (Å²) in [5.41, 5.74) is 0.389. The number of rotatable bonds is 3. The van der Waals surface area contributed by atoms with E-state index in [9.17, 15) is 23.1 Å². The Labute approximate surface area is 146 Å². The maximum atomic E-state index is 13.0. The van der Waals surface area contributed by atoms with Crippen LogP contribution >= 0.6 is 0 Å². The Hall–Kier alpha value is -3.03. The molecule has 0 fully saturated rings. The Kier molecular flexibility index (Phi) is 4.58. The molecule has 0 aromatic heterocycles. The van der Waals surface area contributed by atoms with E-state index < -0.39 is 23.8 Å². The summed E-state index contributed by atoms with van der Waals surface area (Å²) in [6, 6.07) is 8.99. The lowest BCUT2D eigenvalue weighted by molar-refractivity contribution is -0.255. The predicted molar refractivity (Wildman–Crippen MR) is 83.7 cm³/mol. The van der Waals surface area contributed by atoms with E-state index in [1.54, 1.807) is 6.07 Å². The molecular formula is C18H13F3NO4-. The Bertz CT molecular complexity index is 877. The molecule has 1 aliphatic heterocycles. The molecule has 5 nitrogen and oxygen atoms in total. The number of carbonyl (C=O) groups excluding carboxylic acids is 1. The van der Waals surface area contributed by atoms with Crippen molar-refractivity contribution in [2.24, 2.45) is 5.16 Å². The Morgan fingerprint density at radius 3 is 2.69 bits per heavy atom. The smallest absolute Gasteiger partial charge is 0.416 e. The monoisotopic (exact) mass is 364 g/mol. The van der Waals surface area contributed by atoms with E-state index in [1.165, 1.54) is 31.4 Å². The zero-order chi connectivity index (χ0) is 18.9. The zero-order valence-corrected chi connectivity index (χ0v) is 13.5. The van der Waals surface area contributed by atoms with Crippen LogP contribution in [0, 0.1) is 0 Å². The number of hydrogen-bond donors (Lipinski definition) is 0. The first-order chi connectivity index (χ1) is 12.3. The van der Waals surface area contributed by atoms with Gasteiger partial charge in [0.2, 0.25) is 0 Å². The van der Waals surface area contributed by atoms with Gasteiger partial charge in [0.05, 0.1) is 17.2 Å². The zero-order valence-electron chi connectivity index (χ0n) is 13.5. The molecule has 3 rings (SSSR count). The number of benzene rings is 2. The van der Waals surface area contributed by atoms with Crippen LogP contribution in [0.4, 0.5) is 13.2 Å². The fourth-order valence-corrected chi connectivity index (χ4v) is 2.76. The molecule has 0 bridgehead atoms. The van der Waals surface area contributed by atoms with Gasteiger partial charge in [-0.25, -0.2) is 0 Å². The van der Waals surface area contributed by atoms with Crippen LogP contribution in [0.1, 0.15) is 39.6 Å². The molecule has 2 aromatic carbocycles. The Morgan fingerprint density at radius 2 is 2.04 bits per heavy atom. The van der Waals surface area contributed by atoms with Gasteiger partial charge in [0.15, 0.2) is 0 Å². The molecule has 1 aliphatic rings. The predicted octanol–water partition coefficient (Wildman–Crippen LogP) is 2.94. The van der Waals surface area contributed by atoms with E-state index in [0.717, 1.165) is 12.1 Å². The summed E-state index contributed by atoms with van der Waals surface area (Å²) in [4.78, 5) is 15.8. The van der Waals surface area contributed by atoms with Gasteiger partial charge in [-0.05, 0) is 35.4 Å². The second-order valence-electron chi connectivity index (χ2n) is 5.65. The summed E-state index contributed by atoms with van der Waals surface area (Å²) in [7, 11) is 1.33. The highest BCUT2D eigenvalue weighted by Crippen LogP contribution is 2.39. The van der Waals surface area contributed by atoms with Crippen molar-refractivity contribution in [2.75, 3.05) is 7.11 Å². The minimum atomic E-state index is -4.52. The minimum absolute atomic E-state index is 0.00530. The number of carboxylic acids is 1. The third-order valence-electron chi connectivity index (χ3n) is 3.96. The van der Waals surface area contributed by atoms with Crippen molar-refractivity contribution in [3.05, 3.63) is 64.7 Å². The number of carboxylic acid groups (broad SMARTS) is 1. The van der Waals surface area contributed by atoms with E-state index in [1.807, 2.05) is 0 Å². The summed E-state index contributed by atoms with van der Waals surface area (Å²) < 4.78 is 44.7. The van der Waals surface area contributed by atoms with Crippen molar-refractivity contribution in [2.45, 2.75) is 18.7 Å². The lowest BCUT2D eigenvalue weighted by atomic mass is 9.94. The minimum Gasteiger partial charge on any atom is -0.545 e. The third-order valence-corrected chi connectivity index (χ3v) is 3.96. The van der Waals surface area contributed by atoms with E-state index in [-0.39, 0.29) is 17.7 Å². The lowest BCUT2D eigenvalue weighted by Gasteiger charge is -2.28. The highest BCUT2D eigenvalue weighted by Gasteiger charge is 2.34. The molecular weight excluding hydrogens is 351 g/mol. The number of carbonyl (C=O) groups is 1. The molecule has 1 unspecified atom stereocenters. The van der Waals surface area contributed by atoms with Crippen LogP contribution in [0.15, 0.2) is 47.6 Å². The van der Waals surface area contributed by atoms with Crippen LogP contribution in [-0.2, 0) is 11.0 Å². The molecule has 0 radical (unpaired) electrons. The average molecular weight is 364 g/mol. The molecule has 1 heterocycles. The molecule has 0 amide bonds. The van der Waals surface area contributed by atoms with Crippen LogP contribution in [0.2, 0.25) is 0 Å². The summed E-state index contributed by atoms with van der Waals surface area (Å²) in [5, 5.41) is 14.9. The molecule has 0 saturated carbocycles. The quantitative estimate of drug-likeness (QED) is 0.785. The topological polar surface area (TPSA) is 71.0 Å². The van der Waals surface area contributed by atoms with Crippen LogP contribution < -0.4 is 9.84 Å². The Balaban J connectivity index is 2.04. The normalized spacial score (nSPS) is 18.2. The molecule has 0 saturated heterocycles. The maximum absolute atomic E-state index is 13.0. The number of aromatic carboxylic acids is 1. The summed E-state index contributed by atoms with van der Waals surface area (Å²) in [6.07, 6.45) is -5.01. The van der Waals surface area contributed by atoms with Crippen molar-refractivity contribution < 1.29 is 32.6 Å². The van der Waals surface area contributed by atoms with Crippen LogP contribution in [-0.4, -0.2) is 18.8 Å². The number of nitrogens with zero attached hydrogens (tertiary/aromatic N) is 1. The molecule has 1 atom stereocenters. The summed E-state index contributed by atoms with van der Waals surface area (Å²) in [6.45, 7) is 0. The molecule has 0 N–H and O–H groups in total. The first kappa shape index (κ1) is 17.8. The maximum Gasteiger partial charge on any atom is 0.416 e. The van der Waals surface area contributed by atoms with Crippen molar-refractivity contribution in [1.82, 2.24) is 0 Å². The SMILES string of the molecule is CON=C1CC(c2cccc(C(=O)[O-])c2)Oc2cc(C(F)(F)F)ccc21. The van der Waals surface area contributed by atoms with Crippen LogP contribution in [0.3, 0.4) is 0 Å². The molecule has 136 valence electrons. The first-order valence-corrected chi connectivity index (χ1v) is 7.59. The van der Waals surface area contributed by atoms with E-state index in [0.29, 0.717) is 16.8 Å². The standard InChI is InChI=1S/C18H14F3NO4/c1-25-22-14-9-15(10-3-2-4-11(7-10)17(23)24)26-16-8-12(18(19,20)21)5-6-13(14)16/h2-8,15H,9H2,1H3,(H,23,24)/p-1. The van der Waals surface area contributed by atoms with E-state index in [4.69, 9.17) is 9.57 Å². The fourth-order valence-electron chi connectivity index (χ4n) is 2.76. The van der Waals surface area contributed by atoms with Gasteiger partial charge in [-0.3, -0.25) is 0 Å². The molecule has 26 heavy (non-hydrogen) atoms. The molecule has 0 spiro atoms. The highest BCUT2D eigenvalue weighted by molar-refractivity contribution is 6.04. The number of hydrogen-bond acceptors (Lipinski definition) is 5. The summed E-state index contributed by atoms with van der Waals surface area (Å²) in [5.74, 6) is -1.35. The molecule has 2 aromatic rings. The van der Waals surface area contributed by atoms with Crippen molar-refractivity contribution >= 4 is 11.7 Å². The Morgan fingerprint density at radius 1 is 1.27 bits per heavy atom. The second-order valence-corrected chi connectivity index (χ2v) is 5.65. The van der Waals surface area contributed by atoms with Gasteiger partial charge >= 0.3 is 6.18 Å². The third kappa shape index (κ3) is 3.49. The van der Waals surface area contributed by atoms with Crippen molar-refractivity contribution in [1.29, 1.82) is 0 Å². The van der Waals surface area contributed by atoms with Gasteiger partial charge in [-0.15, -0.1) is 0 Å². The van der Waals surface area contributed by atoms with Crippen molar-refractivity contribution in [3.63, 3.8) is 0 Å². The van der Waals surface area contributed by atoms with Gasteiger partial charge in [0, 0.05) is 12.0 Å². The van der Waals surface area contributed by atoms with Gasteiger partial charge in [-0.2, -0.15) is 13.2 Å². The number of halogens is 3. The van der Waals surface area contributed by atoms with Crippen LogP contribution in [0.25, 0.3) is 0 Å². The largest absolute Gasteiger partial charge is 0.545 e. The number of fused-ring (bicyclic) bond motifs is 1.